The first-order valence-corrected chi connectivity index (χ1v) is 5.67. The Labute approximate surface area is 106 Å². The van der Waals surface area contributed by atoms with Gasteiger partial charge in [0.1, 0.15) is 11.6 Å². The number of aliphatic imine (C=N–C) groups is 1. The molecular weight excluding hydrogens is 229 g/mol. The number of methoxy groups -OCH3 is 1. The molecule has 0 saturated carbocycles. The van der Waals surface area contributed by atoms with E-state index in [1.54, 1.807) is 25.5 Å². The molecule has 0 amide bonds. The van der Waals surface area contributed by atoms with Crippen LogP contribution in [-0.4, -0.2) is 13.3 Å². The van der Waals surface area contributed by atoms with Crippen molar-refractivity contribution in [2.24, 2.45) is 4.99 Å². The highest BCUT2D eigenvalue weighted by atomic mass is 19.1. The third-order valence-electron chi connectivity index (χ3n) is 2.56. The van der Waals surface area contributed by atoms with Gasteiger partial charge >= 0.3 is 0 Å². The maximum Gasteiger partial charge on any atom is 0.123 e. The largest absolute Gasteiger partial charge is 0.496 e. The van der Waals surface area contributed by atoms with Crippen molar-refractivity contribution in [2.45, 2.75) is 6.54 Å². The number of nitrogens with zero attached hydrogens (tertiary/aromatic N) is 1. The number of ether oxygens (including phenoxy) is 1. The summed E-state index contributed by atoms with van der Waals surface area (Å²) >= 11 is 0. The minimum absolute atomic E-state index is 0.239. The second kappa shape index (κ2) is 5.96. The summed E-state index contributed by atoms with van der Waals surface area (Å²) in [5, 5.41) is 0. The smallest absolute Gasteiger partial charge is 0.123 e. The summed E-state index contributed by atoms with van der Waals surface area (Å²) in [7, 11) is 1.64. The summed E-state index contributed by atoms with van der Waals surface area (Å²) in [5.74, 6) is 0.589. The second-order valence-corrected chi connectivity index (χ2v) is 3.83. The van der Waals surface area contributed by atoms with E-state index in [1.165, 1.54) is 12.1 Å². The van der Waals surface area contributed by atoms with Gasteiger partial charge in [-0.2, -0.15) is 0 Å². The van der Waals surface area contributed by atoms with Crippen molar-refractivity contribution in [1.29, 1.82) is 0 Å². The summed E-state index contributed by atoms with van der Waals surface area (Å²) in [5.41, 5.74) is 1.91. The number of hydrogen-bond donors (Lipinski definition) is 0. The van der Waals surface area contributed by atoms with Crippen LogP contribution in [0.3, 0.4) is 0 Å². The van der Waals surface area contributed by atoms with Crippen LogP contribution in [0.5, 0.6) is 5.75 Å². The van der Waals surface area contributed by atoms with E-state index in [1.807, 2.05) is 24.3 Å². The molecule has 0 aliphatic heterocycles. The van der Waals surface area contributed by atoms with E-state index in [0.717, 1.165) is 16.9 Å². The van der Waals surface area contributed by atoms with Crippen molar-refractivity contribution >= 4 is 6.21 Å². The molecule has 0 unspecified atom stereocenters. The van der Waals surface area contributed by atoms with E-state index in [2.05, 4.69) is 4.99 Å². The van der Waals surface area contributed by atoms with Crippen LogP contribution in [0, 0.1) is 5.82 Å². The lowest BCUT2D eigenvalue weighted by atomic mass is 10.2. The first-order chi connectivity index (χ1) is 8.79. The highest BCUT2D eigenvalue weighted by molar-refractivity contribution is 5.79. The molecule has 2 nitrogen and oxygen atoms in total. The standard InChI is InChI=1S/C15H14FNO/c1-18-15-5-3-2-4-13(15)11-17-10-12-6-8-14(16)9-7-12/h2-10H,11H2,1H3. The lowest BCUT2D eigenvalue weighted by Crippen LogP contribution is -1.90. The molecule has 0 heterocycles. The van der Waals surface area contributed by atoms with Crippen molar-refractivity contribution in [3.63, 3.8) is 0 Å². The van der Waals surface area contributed by atoms with Gasteiger partial charge in [-0.05, 0) is 23.8 Å². The molecule has 3 heteroatoms. The number of hydrogen-bond acceptors (Lipinski definition) is 2. The second-order valence-electron chi connectivity index (χ2n) is 3.83. The minimum Gasteiger partial charge on any atom is -0.496 e. The maximum absolute atomic E-state index is 12.7. The van der Waals surface area contributed by atoms with Gasteiger partial charge in [0.2, 0.25) is 0 Å². The molecule has 92 valence electrons. The molecule has 0 aliphatic carbocycles. The number of halogens is 1. The van der Waals surface area contributed by atoms with Crippen molar-refractivity contribution in [3.05, 3.63) is 65.5 Å². The highest BCUT2D eigenvalue weighted by Gasteiger charge is 1.98. The summed E-state index contributed by atoms with van der Waals surface area (Å²) in [6, 6.07) is 14.0. The molecule has 0 saturated heterocycles. The summed E-state index contributed by atoms with van der Waals surface area (Å²) < 4.78 is 18.0. The van der Waals surface area contributed by atoms with E-state index in [4.69, 9.17) is 4.74 Å². The van der Waals surface area contributed by atoms with Gasteiger partial charge in [-0.25, -0.2) is 4.39 Å². The Morgan fingerprint density at radius 1 is 1.11 bits per heavy atom. The van der Waals surface area contributed by atoms with E-state index < -0.39 is 0 Å². The van der Waals surface area contributed by atoms with Crippen molar-refractivity contribution in [3.8, 4) is 5.75 Å². The number of para-hydroxylation sites is 1. The van der Waals surface area contributed by atoms with Crippen LogP contribution < -0.4 is 4.74 Å². The van der Waals surface area contributed by atoms with Gasteiger partial charge in [0.25, 0.3) is 0 Å². The van der Waals surface area contributed by atoms with Crippen LogP contribution in [0.15, 0.2) is 53.5 Å². The Morgan fingerprint density at radius 3 is 2.56 bits per heavy atom. The Hall–Kier alpha value is -2.16. The fourth-order valence-corrected chi connectivity index (χ4v) is 1.63. The van der Waals surface area contributed by atoms with E-state index in [9.17, 15) is 4.39 Å². The zero-order valence-electron chi connectivity index (χ0n) is 10.1. The molecule has 0 spiro atoms. The fraction of sp³-hybridized carbons (Fsp3) is 0.133. The predicted octanol–water partition coefficient (Wildman–Crippen LogP) is 3.45. The molecule has 0 N–H and O–H groups in total. The normalized spacial score (nSPS) is 10.8. The Morgan fingerprint density at radius 2 is 1.83 bits per heavy atom. The molecule has 18 heavy (non-hydrogen) atoms. The minimum atomic E-state index is -0.239. The third-order valence-corrected chi connectivity index (χ3v) is 2.56. The van der Waals surface area contributed by atoms with Gasteiger partial charge in [-0.15, -0.1) is 0 Å². The van der Waals surface area contributed by atoms with Gasteiger partial charge < -0.3 is 4.74 Å². The summed E-state index contributed by atoms with van der Waals surface area (Å²) in [6.07, 6.45) is 1.73. The molecule has 2 aromatic carbocycles. The van der Waals surface area contributed by atoms with Crippen LogP contribution in [0.2, 0.25) is 0 Å². The molecule has 0 bridgehead atoms. The number of benzene rings is 2. The van der Waals surface area contributed by atoms with E-state index in [-0.39, 0.29) is 5.82 Å². The maximum atomic E-state index is 12.7. The molecule has 0 atom stereocenters. The molecule has 0 aromatic heterocycles. The molecule has 2 aromatic rings. The summed E-state index contributed by atoms with van der Waals surface area (Å²) in [4.78, 5) is 4.32. The van der Waals surface area contributed by atoms with Crippen molar-refractivity contribution in [2.75, 3.05) is 7.11 Å². The van der Waals surface area contributed by atoms with Gasteiger partial charge in [0.05, 0.1) is 13.7 Å². The van der Waals surface area contributed by atoms with Gasteiger partial charge in [-0.1, -0.05) is 30.3 Å². The number of rotatable bonds is 4. The zero-order valence-corrected chi connectivity index (χ0v) is 10.1. The van der Waals surface area contributed by atoms with Crippen LogP contribution in [0.4, 0.5) is 4.39 Å². The van der Waals surface area contributed by atoms with E-state index >= 15 is 0 Å². The molecular formula is C15H14FNO. The molecule has 0 radical (unpaired) electrons. The average molecular weight is 243 g/mol. The molecule has 0 aliphatic rings. The Bertz CT molecular complexity index is 534. The highest BCUT2D eigenvalue weighted by Crippen LogP contribution is 2.17. The summed E-state index contributed by atoms with van der Waals surface area (Å²) in [6.45, 7) is 0.543. The van der Waals surface area contributed by atoms with Crippen LogP contribution in [-0.2, 0) is 6.54 Å². The first kappa shape index (κ1) is 12.3. The Kier molecular flexibility index (Phi) is 4.07. The topological polar surface area (TPSA) is 21.6 Å². The van der Waals surface area contributed by atoms with Crippen molar-refractivity contribution in [1.82, 2.24) is 0 Å². The Balaban J connectivity index is 2.05. The lowest BCUT2D eigenvalue weighted by molar-refractivity contribution is 0.410. The van der Waals surface area contributed by atoms with Gasteiger partial charge in [0.15, 0.2) is 0 Å². The fourth-order valence-electron chi connectivity index (χ4n) is 1.63. The quantitative estimate of drug-likeness (QED) is 0.754. The SMILES string of the molecule is COc1ccccc1CN=Cc1ccc(F)cc1. The molecule has 2 rings (SSSR count). The molecule has 0 fully saturated rings. The first-order valence-electron chi connectivity index (χ1n) is 5.67. The van der Waals surface area contributed by atoms with Crippen molar-refractivity contribution < 1.29 is 9.13 Å². The lowest BCUT2D eigenvalue weighted by Gasteiger charge is -2.04. The predicted molar refractivity (Wildman–Crippen MR) is 70.7 cm³/mol. The zero-order chi connectivity index (χ0) is 12.8. The van der Waals surface area contributed by atoms with Gasteiger partial charge in [-0.3, -0.25) is 4.99 Å². The van der Waals surface area contributed by atoms with Gasteiger partial charge in [0, 0.05) is 11.8 Å². The van der Waals surface area contributed by atoms with Crippen LogP contribution in [0.25, 0.3) is 0 Å². The monoisotopic (exact) mass is 243 g/mol. The average Bonchev–Trinajstić information content (AvgIpc) is 2.41. The van der Waals surface area contributed by atoms with Crippen LogP contribution in [0.1, 0.15) is 11.1 Å². The van der Waals surface area contributed by atoms with E-state index in [0.29, 0.717) is 6.54 Å². The van der Waals surface area contributed by atoms with Crippen LogP contribution >= 0.6 is 0 Å². The third kappa shape index (κ3) is 3.17.